The predicted molar refractivity (Wildman–Crippen MR) is 88.8 cm³/mol. The number of amides is 2. The molecule has 0 aliphatic carbocycles. The van der Waals surface area contributed by atoms with Crippen molar-refractivity contribution in [1.29, 1.82) is 0 Å². The minimum absolute atomic E-state index is 0.0895. The van der Waals surface area contributed by atoms with Gasteiger partial charge in [-0.25, -0.2) is 0 Å². The van der Waals surface area contributed by atoms with Crippen molar-refractivity contribution in [3.8, 4) is 0 Å². The van der Waals surface area contributed by atoms with Gasteiger partial charge in [0.05, 0.1) is 10.7 Å². The minimum Gasteiger partial charge on any atom is -0.382 e. The molecule has 6 nitrogen and oxygen atoms in total. The van der Waals surface area contributed by atoms with Crippen LogP contribution in [0.2, 0.25) is 10.0 Å². The Morgan fingerprint density at radius 3 is 2.74 bits per heavy atom. The van der Waals surface area contributed by atoms with Crippen LogP contribution in [-0.4, -0.2) is 36.7 Å². The van der Waals surface area contributed by atoms with Crippen LogP contribution in [-0.2, 0) is 14.4 Å². The quantitative estimate of drug-likeness (QED) is 0.765. The number of halogens is 2. The molecule has 23 heavy (non-hydrogen) atoms. The first-order valence-corrected chi connectivity index (χ1v) is 7.93. The summed E-state index contributed by atoms with van der Waals surface area (Å²) in [4.78, 5) is 27.9. The van der Waals surface area contributed by atoms with Crippen molar-refractivity contribution >= 4 is 40.7 Å². The summed E-state index contributed by atoms with van der Waals surface area (Å²) in [5, 5.41) is 10.4. The zero-order valence-corrected chi connectivity index (χ0v) is 14.1. The molecular weight excluding hydrogens is 341 g/mol. The lowest BCUT2D eigenvalue weighted by Gasteiger charge is -2.09. The molecule has 2 amide bonds. The van der Waals surface area contributed by atoms with E-state index in [4.69, 9.17) is 28.0 Å². The van der Waals surface area contributed by atoms with Gasteiger partial charge in [0.25, 0.3) is 5.91 Å². The molecule has 1 aliphatic rings. The average Bonchev–Trinajstić information content (AvgIpc) is 2.96. The molecule has 0 saturated carbocycles. The molecule has 1 atom stereocenters. The summed E-state index contributed by atoms with van der Waals surface area (Å²) < 4.78 is 0. The largest absolute Gasteiger partial charge is 0.382 e. The van der Waals surface area contributed by atoms with Gasteiger partial charge < -0.3 is 15.5 Å². The number of rotatable bonds is 6. The fraction of sp³-hybridized carbons (Fsp3) is 0.400. The van der Waals surface area contributed by atoms with Crippen molar-refractivity contribution in [2.45, 2.75) is 25.9 Å². The van der Waals surface area contributed by atoms with E-state index < -0.39 is 6.10 Å². The van der Waals surface area contributed by atoms with Crippen LogP contribution in [0, 0.1) is 0 Å². The molecule has 1 aromatic carbocycles. The number of carbonyl (C=O) groups excluding carboxylic acids is 2. The van der Waals surface area contributed by atoms with Crippen molar-refractivity contribution < 1.29 is 14.4 Å². The summed E-state index contributed by atoms with van der Waals surface area (Å²) in [7, 11) is 0. The third kappa shape index (κ3) is 5.11. The van der Waals surface area contributed by atoms with Gasteiger partial charge in [-0.2, -0.15) is 0 Å². The predicted octanol–water partition coefficient (Wildman–Crippen LogP) is 2.13. The zero-order chi connectivity index (χ0) is 16.8. The molecule has 0 saturated heterocycles. The van der Waals surface area contributed by atoms with Gasteiger partial charge in [-0.3, -0.25) is 9.59 Å². The van der Waals surface area contributed by atoms with Gasteiger partial charge >= 0.3 is 0 Å². The van der Waals surface area contributed by atoms with Gasteiger partial charge in [0, 0.05) is 37.0 Å². The highest BCUT2D eigenvalue weighted by Gasteiger charge is 2.29. The Kier molecular flexibility index (Phi) is 6.24. The van der Waals surface area contributed by atoms with Crippen LogP contribution in [0.5, 0.6) is 0 Å². The molecule has 124 valence electrons. The molecule has 0 aromatic heterocycles. The van der Waals surface area contributed by atoms with E-state index in [0.29, 0.717) is 47.3 Å². The van der Waals surface area contributed by atoms with Gasteiger partial charge in [0.1, 0.15) is 0 Å². The molecular formula is C15H17Cl2N3O3. The van der Waals surface area contributed by atoms with E-state index in [-0.39, 0.29) is 11.8 Å². The Labute approximate surface area is 144 Å². The van der Waals surface area contributed by atoms with E-state index in [2.05, 4.69) is 15.8 Å². The number of hydrogen-bond donors (Lipinski definition) is 2. The number of nitrogens with one attached hydrogen (secondary N) is 2. The van der Waals surface area contributed by atoms with Crippen molar-refractivity contribution in [3.05, 3.63) is 33.8 Å². The standard InChI is InChI=1S/C15H17Cl2N3O3/c1-9(21)18-5-2-6-19-15(22)14-8-13(20-23-14)11-4-3-10(16)7-12(11)17/h3-4,7,14H,2,5-6,8H2,1H3,(H,18,21)(H,19,22)/t14-/m1/s1. The molecule has 0 fully saturated rings. The first kappa shape index (κ1) is 17.6. The Morgan fingerprint density at radius 2 is 2.04 bits per heavy atom. The first-order valence-electron chi connectivity index (χ1n) is 7.17. The molecule has 1 aromatic rings. The van der Waals surface area contributed by atoms with Crippen molar-refractivity contribution in [2.75, 3.05) is 13.1 Å². The summed E-state index contributed by atoms with van der Waals surface area (Å²) in [5.74, 6) is -0.329. The highest BCUT2D eigenvalue weighted by molar-refractivity contribution is 6.37. The van der Waals surface area contributed by atoms with Crippen LogP contribution in [0.3, 0.4) is 0 Å². The summed E-state index contributed by atoms with van der Waals surface area (Å²) in [5.41, 5.74) is 1.32. The molecule has 0 bridgehead atoms. The molecule has 0 spiro atoms. The fourth-order valence-electron chi connectivity index (χ4n) is 2.08. The monoisotopic (exact) mass is 357 g/mol. The zero-order valence-electron chi connectivity index (χ0n) is 12.6. The summed E-state index contributed by atoms with van der Waals surface area (Å²) in [6.45, 7) is 2.42. The molecule has 0 radical (unpaired) electrons. The van der Waals surface area contributed by atoms with Crippen molar-refractivity contribution in [2.24, 2.45) is 5.16 Å². The molecule has 0 unspecified atom stereocenters. The average molecular weight is 358 g/mol. The normalized spacial score (nSPS) is 16.5. The van der Waals surface area contributed by atoms with Gasteiger partial charge in [0.2, 0.25) is 12.0 Å². The fourth-order valence-corrected chi connectivity index (χ4v) is 2.60. The van der Waals surface area contributed by atoms with Gasteiger partial charge in [0.15, 0.2) is 0 Å². The topological polar surface area (TPSA) is 79.8 Å². The second kappa shape index (κ2) is 8.17. The Balaban J connectivity index is 1.79. The Hall–Kier alpha value is -1.79. The number of oxime groups is 1. The lowest BCUT2D eigenvalue weighted by Crippen LogP contribution is -2.36. The molecule has 1 aliphatic heterocycles. The van der Waals surface area contributed by atoms with E-state index in [1.54, 1.807) is 18.2 Å². The Morgan fingerprint density at radius 1 is 1.30 bits per heavy atom. The summed E-state index contributed by atoms with van der Waals surface area (Å²) in [6.07, 6.45) is 0.325. The maximum atomic E-state index is 12.0. The number of nitrogens with zero attached hydrogens (tertiary/aromatic N) is 1. The van der Waals surface area contributed by atoms with E-state index >= 15 is 0 Å². The van der Waals surface area contributed by atoms with Crippen molar-refractivity contribution in [3.63, 3.8) is 0 Å². The molecule has 2 rings (SSSR count). The smallest absolute Gasteiger partial charge is 0.264 e. The minimum atomic E-state index is -0.669. The summed E-state index contributed by atoms with van der Waals surface area (Å²) in [6, 6.07) is 5.08. The van der Waals surface area contributed by atoms with Crippen LogP contribution >= 0.6 is 23.2 Å². The van der Waals surface area contributed by atoms with E-state index in [0.717, 1.165) is 0 Å². The molecule has 2 N–H and O–H groups in total. The van der Waals surface area contributed by atoms with Crippen LogP contribution in [0.1, 0.15) is 25.3 Å². The van der Waals surface area contributed by atoms with Gasteiger partial charge in [-0.1, -0.05) is 34.4 Å². The molecule has 1 heterocycles. The van der Waals surface area contributed by atoms with Crippen molar-refractivity contribution in [1.82, 2.24) is 10.6 Å². The van der Waals surface area contributed by atoms with Crippen LogP contribution in [0.4, 0.5) is 0 Å². The van der Waals surface area contributed by atoms with Gasteiger partial charge in [-0.15, -0.1) is 0 Å². The molecule has 8 heteroatoms. The van der Waals surface area contributed by atoms with E-state index in [9.17, 15) is 9.59 Å². The highest BCUT2D eigenvalue weighted by atomic mass is 35.5. The highest BCUT2D eigenvalue weighted by Crippen LogP contribution is 2.25. The third-order valence-electron chi connectivity index (χ3n) is 3.23. The van der Waals surface area contributed by atoms with E-state index in [1.807, 2.05) is 0 Å². The third-order valence-corrected chi connectivity index (χ3v) is 3.78. The SMILES string of the molecule is CC(=O)NCCCNC(=O)[C@H]1CC(c2ccc(Cl)cc2Cl)=NO1. The lowest BCUT2D eigenvalue weighted by atomic mass is 10.0. The first-order chi connectivity index (χ1) is 11.0. The lowest BCUT2D eigenvalue weighted by molar-refractivity contribution is -0.131. The van der Waals surface area contributed by atoms with Crippen LogP contribution in [0.25, 0.3) is 0 Å². The second-order valence-corrected chi connectivity index (χ2v) is 5.93. The maximum absolute atomic E-state index is 12.0. The van der Waals surface area contributed by atoms with Gasteiger partial charge in [-0.05, 0) is 18.6 Å². The number of hydrogen-bond acceptors (Lipinski definition) is 4. The second-order valence-electron chi connectivity index (χ2n) is 5.09. The summed E-state index contributed by atoms with van der Waals surface area (Å²) >= 11 is 12.0. The number of benzene rings is 1. The Bertz CT molecular complexity index is 634. The van der Waals surface area contributed by atoms with Crippen LogP contribution < -0.4 is 10.6 Å². The van der Waals surface area contributed by atoms with E-state index in [1.165, 1.54) is 6.92 Å². The number of carbonyl (C=O) groups is 2. The van der Waals surface area contributed by atoms with Crippen LogP contribution in [0.15, 0.2) is 23.4 Å². The maximum Gasteiger partial charge on any atom is 0.264 e.